The van der Waals surface area contributed by atoms with Gasteiger partial charge in [-0.3, -0.25) is 9.59 Å². The minimum absolute atomic E-state index is 0.0908. The maximum atomic E-state index is 13.1. The number of halogens is 2. The molecule has 0 saturated carbocycles. The SMILES string of the molecule is CCOC(=O)Cn1cc(C(=O)c2ccc(F)cc2)c2ccnc(Cl)c21. The van der Waals surface area contributed by atoms with Crippen LogP contribution in [0.1, 0.15) is 22.8 Å². The number of carbonyl (C=O) groups excluding carboxylic acids is 2. The molecule has 128 valence electrons. The molecule has 0 spiro atoms. The summed E-state index contributed by atoms with van der Waals surface area (Å²) in [6.45, 7) is 1.88. The summed E-state index contributed by atoms with van der Waals surface area (Å²) in [5.41, 5.74) is 1.17. The molecule has 7 heteroatoms. The lowest BCUT2D eigenvalue weighted by molar-refractivity contribution is -0.143. The Kier molecular flexibility index (Phi) is 4.81. The highest BCUT2D eigenvalue weighted by Gasteiger charge is 2.20. The molecule has 3 rings (SSSR count). The fourth-order valence-electron chi connectivity index (χ4n) is 2.62. The van der Waals surface area contributed by atoms with Crippen LogP contribution >= 0.6 is 11.6 Å². The topological polar surface area (TPSA) is 61.2 Å². The number of hydrogen-bond acceptors (Lipinski definition) is 4. The minimum atomic E-state index is -0.444. The molecule has 5 nitrogen and oxygen atoms in total. The molecule has 0 saturated heterocycles. The standard InChI is InChI=1S/C18H14ClFN2O3/c1-2-25-15(23)10-22-9-14(13-7-8-21-18(19)16(13)22)17(24)11-3-5-12(20)6-4-11/h3-9H,2,10H2,1H3. The molecular formula is C18H14ClFN2O3. The van der Waals surface area contributed by atoms with E-state index in [1.807, 2.05) is 0 Å². The van der Waals surface area contributed by atoms with Gasteiger partial charge in [-0.05, 0) is 37.3 Å². The van der Waals surface area contributed by atoms with Crippen molar-refractivity contribution in [3.05, 3.63) is 64.8 Å². The van der Waals surface area contributed by atoms with Gasteiger partial charge >= 0.3 is 5.97 Å². The molecule has 25 heavy (non-hydrogen) atoms. The van der Waals surface area contributed by atoms with E-state index in [1.165, 1.54) is 30.5 Å². The average Bonchev–Trinajstić information content (AvgIpc) is 2.95. The summed E-state index contributed by atoms with van der Waals surface area (Å²) in [6.07, 6.45) is 3.03. The van der Waals surface area contributed by atoms with Crippen LogP contribution in [0.5, 0.6) is 0 Å². The molecule has 3 aromatic rings. The normalized spacial score (nSPS) is 10.8. The van der Waals surface area contributed by atoms with E-state index in [1.54, 1.807) is 23.8 Å². The first-order chi connectivity index (χ1) is 12.0. The van der Waals surface area contributed by atoms with Gasteiger partial charge in [0.15, 0.2) is 10.9 Å². The van der Waals surface area contributed by atoms with Crippen LogP contribution in [-0.4, -0.2) is 27.9 Å². The van der Waals surface area contributed by atoms with Crippen molar-refractivity contribution in [1.29, 1.82) is 0 Å². The number of benzene rings is 1. The van der Waals surface area contributed by atoms with Gasteiger partial charge in [0.25, 0.3) is 0 Å². The fraction of sp³-hybridized carbons (Fsp3) is 0.167. The Morgan fingerprint density at radius 2 is 1.96 bits per heavy atom. The second-order valence-corrected chi connectivity index (χ2v) is 5.67. The molecule has 2 aromatic heterocycles. The molecular weight excluding hydrogens is 347 g/mol. The van der Waals surface area contributed by atoms with Crippen LogP contribution in [0.4, 0.5) is 4.39 Å². The van der Waals surface area contributed by atoms with Gasteiger partial charge in [0, 0.05) is 28.9 Å². The number of aromatic nitrogens is 2. The van der Waals surface area contributed by atoms with Crippen molar-refractivity contribution in [3.63, 3.8) is 0 Å². The Hall–Kier alpha value is -2.73. The van der Waals surface area contributed by atoms with E-state index in [2.05, 4.69) is 4.98 Å². The lowest BCUT2D eigenvalue weighted by Crippen LogP contribution is -2.13. The largest absolute Gasteiger partial charge is 0.465 e. The number of rotatable bonds is 5. The maximum Gasteiger partial charge on any atom is 0.325 e. The molecule has 0 atom stereocenters. The first-order valence-electron chi connectivity index (χ1n) is 7.60. The van der Waals surface area contributed by atoms with Crippen LogP contribution < -0.4 is 0 Å². The molecule has 0 bridgehead atoms. The molecule has 0 aliphatic heterocycles. The Balaban J connectivity index is 2.09. The number of carbonyl (C=O) groups is 2. The first kappa shape index (κ1) is 17.1. The number of fused-ring (bicyclic) bond motifs is 1. The average molecular weight is 361 g/mol. The molecule has 2 heterocycles. The third kappa shape index (κ3) is 3.39. The highest BCUT2D eigenvalue weighted by atomic mass is 35.5. The van der Waals surface area contributed by atoms with Crippen LogP contribution in [0.15, 0.2) is 42.7 Å². The third-order valence-electron chi connectivity index (χ3n) is 3.70. The molecule has 0 radical (unpaired) electrons. The van der Waals surface area contributed by atoms with E-state index in [9.17, 15) is 14.0 Å². The van der Waals surface area contributed by atoms with Crippen molar-refractivity contribution in [2.75, 3.05) is 6.61 Å². The number of ether oxygens (including phenoxy) is 1. The molecule has 0 amide bonds. The predicted molar refractivity (Wildman–Crippen MR) is 91.2 cm³/mol. The van der Waals surface area contributed by atoms with Crippen LogP contribution in [0, 0.1) is 5.82 Å². The van der Waals surface area contributed by atoms with Crippen molar-refractivity contribution in [2.45, 2.75) is 13.5 Å². The van der Waals surface area contributed by atoms with Gasteiger partial charge in [-0.1, -0.05) is 11.6 Å². The number of esters is 1. The molecule has 0 N–H and O–H groups in total. The number of pyridine rings is 1. The third-order valence-corrected chi connectivity index (χ3v) is 3.97. The quantitative estimate of drug-likeness (QED) is 0.396. The van der Waals surface area contributed by atoms with Gasteiger partial charge in [-0.25, -0.2) is 9.37 Å². The van der Waals surface area contributed by atoms with E-state index in [0.717, 1.165) is 0 Å². The van der Waals surface area contributed by atoms with Crippen LogP contribution in [0.2, 0.25) is 5.15 Å². The molecule has 0 aliphatic rings. The summed E-state index contributed by atoms with van der Waals surface area (Å²) in [5, 5.41) is 0.749. The molecule has 0 unspecified atom stereocenters. The Morgan fingerprint density at radius 3 is 2.64 bits per heavy atom. The van der Waals surface area contributed by atoms with Crippen molar-refractivity contribution < 1.29 is 18.7 Å². The van der Waals surface area contributed by atoms with E-state index in [0.29, 0.717) is 22.0 Å². The number of ketones is 1. The van der Waals surface area contributed by atoms with Gasteiger partial charge < -0.3 is 9.30 Å². The second-order valence-electron chi connectivity index (χ2n) is 5.31. The second kappa shape index (κ2) is 7.03. The Morgan fingerprint density at radius 1 is 1.24 bits per heavy atom. The summed E-state index contributed by atoms with van der Waals surface area (Å²) in [4.78, 5) is 28.6. The maximum absolute atomic E-state index is 13.1. The smallest absolute Gasteiger partial charge is 0.325 e. The van der Waals surface area contributed by atoms with Gasteiger partial charge in [-0.2, -0.15) is 0 Å². The number of nitrogens with zero attached hydrogens (tertiary/aromatic N) is 2. The lowest BCUT2D eigenvalue weighted by atomic mass is 10.0. The molecule has 0 fully saturated rings. The van der Waals surface area contributed by atoms with Crippen LogP contribution in [0.25, 0.3) is 10.9 Å². The summed E-state index contributed by atoms with van der Waals surface area (Å²) >= 11 is 6.16. The van der Waals surface area contributed by atoms with Gasteiger partial charge in [0.05, 0.1) is 12.1 Å². The van der Waals surface area contributed by atoms with Crippen molar-refractivity contribution in [1.82, 2.24) is 9.55 Å². The number of hydrogen-bond donors (Lipinski definition) is 0. The lowest BCUT2D eigenvalue weighted by Gasteiger charge is -2.05. The van der Waals surface area contributed by atoms with Gasteiger partial charge in [-0.15, -0.1) is 0 Å². The van der Waals surface area contributed by atoms with Gasteiger partial charge in [0.1, 0.15) is 12.4 Å². The zero-order chi connectivity index (χ0) is 18.0. The summed E-state index contributed by atoms with van der Waals surface area (Å²) in [5.74, 6) is -1.16. The molecule has 0 aliphatic carbocycles. The zero-order valence-electron chi connectivity index (χ0n) is 13.3. The van der Waals surface area contributed by atoms with Crippen LogP contribution in [0.3, 0.4) is 0 Å². The highest BCUT2D eigenvalue weighted by molar-refractivity contribution is 6.34. The molecule has 1 aromatic carbocycles. The van der Waals surface area contributed by atoms with Crippen LogP contribution in [-0.2, 0) is 16.1 Å². The van der Waals surface area contributed by atoms with Gasteiger partial charge in [0.2, 0.25) is 0 Å². The zero-order valence-corrected chi connectivity index (χ0v) is 14.1. The summed E-state index contributed by atoms with van der Waals surface area (Å²) in [7, 11) is 0. The summed E-state index contributed by atoms with van der Waals surface area (Å²) in [6, 6.07) is 6.92. The van der Waals surface area contributed by atoms with Crippen molar-refractivity contribution in [3.8, 4) is 0 Å². The fourth-order valence-corrected chi connectivity index (χ4v) is 2.88. The van der Waals surface area contributed by atoms with Crippen molar-refractivity contribution >= 4 is 34.3 Å². The monoisotopic (exact) mass is 360 g/mol. The van der Waals surface area contributed by atoms with E-state index < -0.39 is 11.8 Å². The Bertz CT molecular complexity index is 951. The Labute approximate surface area is 148 Å². The summed E-state index contributed by atoms with van der Waals surface area (Å²) < 4.78 is 19.6. The van der Waals surface area contributed by atoms with E-state index in [4.69, 9.17) is 16.3 Å². The predicted octanol–water partition coefficient (Wildman–Crippen LogP) is 3.62. The highest BCUT2D eigenvalue weighted by Crippen LogP contribution is 2.28. The van der Waals surface area contributed by atoms with Crippen molar-refractivity contribution in [2.24, 2.45) is 0 Å². The van der Waals surface area contributed by atoms with E-state index >= 15 is 0 Å². The first-order valence-corrected chi connectivity index (χ1v) is 7.98. The minimum Gasteiger partial charge on any atom is -0.465 e. The van der Waals surface area contributed by atoms with E-state index in [-0.39, 0.29) is 24.1 Å².